The highest BCUT2D eigenvalue weighted by molar-refractivity contribution is 6.11. The summed E-state index contributed by atoms with van der Waals surface area (Å²) in [7, 11) is 0. The summed E-state index contributed by atoms with van der Waals surface area (Å²) in [6.07, 6.45) is -0.128. The van der Waals surface area contributed by atoms with E-state index in [0.717, 1.165) is 11.3 Å². The predicted octanol–water partition coefficient (Wildman–Crippen LogP) is 2.00. The van der Waals surface area contributed by atoms with Gasteiger partial charge in [-0.3, -0.25) is 14.9 Å². The fourth-order valence-corrected chi connectivity index (χ4v) is 2.78. The Bertz CT molecular complexity index is 984. The molecule has 0 bridgehead atoms. The lowest BCUT2D eigenvalue weighted by molar-refractivity contribution is -0.123. The third-order valence-corrected chi connectivity index (χ3v) is 4.21. The molecule has 0 aromatic heterocycles. The molecule has 1 atom stereocenters. The molecule has 1 heterocycles. The molecule has 1 aliphatic heterocycles. The van der Waals surface area contributed by atoms with Crippen LogP contribution in [0.5, 0.6) is 5.75 Å². The number of hydrogen-bond acceptors (Lipinski definition) is 5. The second-order valence-corrected chi connectivity index (χ2v) is 6.63. The largest absolute Gasteiger partial charge is 0.492 e. The number of carbonyl (C=O) groups is 2. The number of nitrogens with one attached hydrogen (secondary N) is 3. The number of carbonyl (C=O) groups excluding carboxylic acids is 2. The number of aliphatic imine (C=N–C) groups is 2. The molecule has 2 aromatic carbocycles. The summed E-state index contributed by atoms with van der Waals surface area (Å²) < 4.78 is 5.48. The Kier molecular flexibility index (Phi) is 6.63. The van der Waals surface area contributed by atoms with Crippen LogP contribution >= 0.6 is 0 Å². The molecule has 0 saturated heterocycles. The highest BCUT2D eigenvalue weighted by Crippen LogP contribution is 2.24. The predicted molar refractivity (Wildman–Crippen MR) is 117 cm³/mol. The maximum Gasteiger partial charge on any atom is 0.252 e. The van der Waals surface area contributed by atoms with Gasteiger partial charge in [0.05, 0.1) is 18.7 Å². The van der Waals surface area contributed by atoms with Crippen molar-refractivity contribution < 1.29 is 14.3 Å². The number of rotatable bonds is 6. The van der Waals surface area contributed by atoms with E-state index in [0.29, 0.717) is 18.0 Å². The van der Waals surface area contributed by atoms with E-state index < -0.39 is 11.9 Å². The average Bonchev–Trinajstić information content (AvgIpc) is 3.03. The standard InChI is InChI=1S/C21H24N6O3/c1-3-30-17-7-5-4-6-15(17)24-18(28)12-16-19(29)26-21(25-16)27-20(22)23-14-10-8-13(2)9-11-14/h4-11,16H,3,12H2,1-2H3,(H,24,28)(H4,22,23,25,26,27,29)/t16-/m1/s1. The highest BCUT2D eigenvalue weighted by Gasteiger charge is 2.29. The number of benzene rings is 2. The first-order valence-electron chi connectivity index (χ1n) is 9.53. The maximum atomic E-state index is 12.4. The van der Waals surface area contributed by atoms with Crippen LogP contribution in [0.1, 0.15) is 18.9 Å². The number of hydrogen-bond donors (Lipinski definition) is 4. The Morgan fingerprint density at radius 1 is 1.20 bits per heavy atom. The van der Waals surface area contributed by atoms with E-state index in [9.17, 15) is 9.59 Å². The summed E-state index contributed by atoms with van der Waals surface area (Å²) >= 11 is 0. The van der Waals surface area contributed by atoms with Crippen LogP contribution in [-0.2, 0) is 9.59 Å². The number of aryl methyl sites for hydroxylation is 1. The number of guanidine groups is 2. The average molecular weight is 408 g/mol. The highest BCUT2D eigenvalue weighted by atomic mass is 16.5. The Labute approximate surface area is 174 Å². The lowest BCUT2D eigenvalue weighted by Gasteiger charge is -2.11. The van der Waals surface area contributed by atoms with Crippen molar-refractivity contribution >= 4 is 35.1 Å². The van der Waals surface area contributed by atoms with Gasteiger partial charge in [-0.25, -0.2) is 4.99 Å². The van der Waals surface area contributed by atoms with Gasteiger partial charge in [-0.2, -0.15) is 4.99 Å². The molecule has 2 aromatic rings. The van der Waals surface area contributed by atoms with Crippen LogP contribution in [0.2, 0.25) is 0 Å². The van der Waals surface area contributed by atoms with Crippen molar-refractivity contribution in [3.05, 3.63) is 54.1 Å². The summed E-state index contributed by atoms with van der Waals surface area (Å²) in [4.78, 5) is 32.8. The molecular formula is C21H24N6O3. The van der Waals surface area contributed by atoms with Crippen LogP contribution in [0.3, 0.4) is 0 Å². The second kappa shape index (κ2) is 9.55. The molecule has 9 nitrogen and oxygen atoms in total. The molecule has 0 aliphatic carbocycles. The van der Waals surface area contributed by atoms with Crippen LogP contribution in [0.15, 0.2) is 58.5 Å². The monoisotopic (exact) mass is 408 g/mol. The molecule has 2 amide bonds. The zero-order valence-corrected chi connectivity index (χ0v) is 16.8. The molecular weight excluding hydrogens is 384 g/mol. The number of nitrogens with two attached hydrogens (primary N) is 1. The molecule has 5 N–H and O–H groups in total. The van der Waals surface area contributed by atoms with Gasteiger partial charge in [0.15, 0.2) is 0 Å². The Morgan fingerprint density at radius 2 is 1.93 bits per heavy atom. The van der Waals surface area contributed by atoms with Crippen molar-refractivity contribution in [1.82, 2.24) is 5.32 Å². The zero-order valence-electron chi connectivity index (χ0n) is 16.8. The zero-order chi connectivity index (χ0) is 21.5. The fraction of sp³-hybridized carbons (Fsp3) is 0.238. The lowest BCUT2D eigenvalue weighted by atomic mass is 10.2. The van der Waals surface area contributed by atoms with Gasteiger partial charge in [-0.15, -0.1) is 0 Å². The van der Waals surface area contributed by atoms with Crippen molar-refractivity contribution in [2.24, 2.45) is 15.7 Å². The van der Waals surface area contributed by atoms with Crippen LogP contribution in [0.4, 0.5) is 11.4 Å². The van der Waals surface area contributed by atoms with Gasteiger partial charge in [-0.1, -0.05) is 29.8 Å². The summed E-state index contributed by atoms with van der Waals surface area (Å²) in [5.74, 6) is -0.0709. The van der Waals surface area contributed by atoms with E-state index in [-0.39, 0.29) is 24.2 Å². The topological polar surface area (TPSA) is 130 Å². The minimum Gasteiger partial charge on any atom is -0.492 e. The van der Waals surface area contributed by atoms with Gasteiger partial charge in [0.25, 0.3) is 5.91 Å². The molecule has 9 heteroatoms. The minimum absolute atomic E-state index is 0.0598. The fourth-order valence-electron chi connectivity index (χ4n) is 2.78. The Morgan fingerprint density at radius 3 is 2.67 bits per heavy atom. The molecule has 0 saturated carbocycles. The third kappa shape index (κ3) is 5.57. The molecule has 0 spiro atoms. The number of para-hydroxylation sites is 2. The quantitative estimate of drug-likeness (QED) is 0.429. The van der Waals surface area contributed by atoms with Crippen LogP contribution in [-0.4, -0.2) is 36.4 Å². The van der Waals surface area contributed by atoms with E-state index in [4.69, 9.17) is 10.5 Å². The van der Waals surface area contributed by atoms with E-state index in [1.54, 1.807) is 18.2 Å². The van der Waals surface area contributed by atoms with E-state index >= 15 is 0 Å². The van der Waals surface area contributed by atoms with Crippen molar-refractivity contribution in [3.8, 4) is 5.75 Å². The molecule has 0 radical (unpaired) electrons. The Hall–Kier alpha value is -3.88. The van der Waals surface area contributed by atoms with Gasteiger partial charge in [-0.05, 0) is 38.1 Å². The van der Waals surface area contributed by atoms with Crippen molar-refractivity contribution in [2.45, 2.75) is 26.3 Å². The SMILES string of the molecule is CCOc1ccccc1NC(=O)C[C@H]1N=C(N=C(N)Nc2ccc(C)cc2)NC1=O. The first-order valence-corrected chi connectivity index (χ1v) is 9.53. The van der Waals surface area contributed by atoms with Crippen LogP contribution in [0.25, 0.3) is 0 Å². The van der Waals surface area contributed by atoms with Crippen molar-refractivity contribution in [1.29, 1.82) is 0 Å². The number of amides is 2. The molecule has 0 unspecified atom stereocenters. The summed E-state index contributed by atoms with van der Waals surface area (Å²) in [6, 6.07) is 13.8. The smallest absolute Gasteiger partial charge is 0.252 e. The molecule has 3 rings (SSSR count). The number of ether oxygens (including phenoxy) is 1. The molecule has 1 aliphatic rings. The molecule has 30 heavy (non-hydrogen) atoms. The summed E-state index contributed by atoms with van der Waals surface area (Å²) in [5.41, 5.74) is 8.29. The molecule has 0 fully saturated rings. The van der Waals surface area contributed by atoms with E-state index in [1.165, 1.54) is 0 Å². The maximum absolute atomic E-state index is 12.4. The molecule has 156 valence electrons. The lowest BCUT2D eigenvalue weighted by Crippen LogP contribution is -2.32. The van der Waals surface area contributed by atoms with Crippen molar-refractivity contribution in [2.75, 3.05) is 17.2 Å². The van der Waals surface area contributed by atoms with Crippen molar-refractivity contribution in [3.63, 3.8) is 0 Å². The van der Waals surface area contributed by atoms with Gasteiger partial charge in [0.1, 0.15) is 11.8 Å². The van der Waals surface area contributed by atoms with Gasteiger partial charge in [0.2, 0.25) is 17.8 Å². The number of nitrogens with zero attached hydrogens (tertiary/aromatic N) is 2. The minimum atomic E-state index is -0.879. The van der Waals surface area contributed by atoms with Gasteiger partial charge in [0, 0.05) is 5.69 Å². The first-order chi connectivity index (χ1) is 14.4. The van der Waals surface area contributed by atoms with E-state index in [1.807, 2.05) is 44.2 Å². The number of anilines is 2. The second-order valence-electron chi connectivity index (χ2n) is 6.63. The van der Waals surface area contributed by atoms with E-state index in [2.05, 4.69) is 25.9 Å². The summed E-state index contributed by atoms with van der Waals surface area (Å²) in [5, 5.41) is 8.20. The normalized spacial score (nSPS) is 15.9. The van der Waals surface area contributed by atoms with Gasteiger partial charge < -0.3 is 21.1 Å². The Balaban J connectivity index is 1.61. The van der Waals surface area contributed by atoms with Gasteiger partial charge >= 0.3 is 0 Å². The first kappa shape index (κ1) is 20.8. The third-order valence-electron chi connectivity index (χ3n) is 4.21. The van der Waals surface area contributed by atoms with Crippen LogP contribution in [0, 0.1) is 6.92 Å². The summed E-state index contributed by atoms with van der Waals surface area (Å²) in [6.45, 7) is 4.31. The van der Waals surface area contributed by atoms with Crippen LogP contribution < -0.4 is 26.4 Å².